The van der Waals surface area contributed by atoms with Gasteiger partial charge in [0.15, 0.2) is 18.2 Å². The molecule has 1 aliphatic rings. The van der Waals surface area contributed by atoms with Crippen LogP contribution in [0.2, 0.25) is 0 Å². The summed E-state index contributed by atoms with van der Waals surface area (Å²) in [5.74, 6) is -1.56. The zero-order chi connectivity index (χ0) is 14.5. The lowest BCUT2D eigenvalue weighted by atomic mass is 10.1. The highest BCUT2D eigenvalue weighted by Crippen LogP contribution is 2.20. The van der Waals surface area contributed by atoms with Crippen molar-refractivity contribution in [2.75, 3.05) is 26.3 Å². The normalized spacial score (nSPS) is 18.4. The van der Waals surface area contributed by atoms with E-state index in [1.807, 2.05) is 0 Å². The lowest BCUT2D eigenvalue weighted by Gasteiger charge is -2.17. The highest BCUT2D eigenvalue weighted by atomic mass is 19.1. The molecule has 110 valence electrons. The van der Waals surface area contributed by atoms with Crippen LogP contribution in [0.1, 0.15) is 12.8 Å². The van der Waals surface area contributed by atoms with E-state index in [0.717, 1.165) is 18.6 Å². The SMILES string of the molecule is O=C(COc1ccc(F)cc1F)N1CCC(CCO)C1. The Morgan fingerprint density at radius 3 is 2.95 bits per heavy atom. The number of benzene rings is 1. The minimum Gasteiger partial charge on any atom is -0.481 e. The van der Waals surface area contributed by atoms with E-state index >= 15 is 0 Å². The fraction of sp³-hybridized carbons (Fsp3) is 0.500. The Kier molecular flexibility index (Phi) is 4.89. The van der Waals surface area contributed by atoms with Gasteiger partial charge in [-0.05, 0) is 30.9 Å². The summed E-state index contributed by atoms with van der Waals surface area (Å²) in [6, 6.07) is 2.96. The number of rotatable bonds is 5. The number of amides is 1. The molecule has 1 atom stereocenters. The van der Waals surface area contributed by atoms with Crippen molar-refractivity contribution in [2.45, 2.75) is 12.8 Å². The molecule has 0 spiro atoms. The molecule has 1 heterocycles. The zero-order valence-corrected chi connectivity index (χ0v) is 11.0. The molecule has 0 saturated carbocycles. The van der Waals surface area contributed by atoms with Gasteiger partial charge >= 0.3 is 0 Å². The molecule has 1 aromatic carbocycles. The van der Waals surface area contributed by atoms with Crippen molar-refractivity contribution in [1.82, 2.24) is 4.90 Å². The summed E-state index contributed by atoms with van der Waals surface area (Å²) < 4.78 is 31.1. The second-order valence-corrected chi connectivity index (χ2v) is 4.87. The van der Waals surface area contributed by atoms with Crippen molar-refractivity contribution >= 4 is 5.91 Å². The Labute approximate surface area is 116 Å². The van der Waals surface area contributed by atoms with Crippen LogP contribution >= 0.6 is 0 Å². The smallest absolute Gasteiger partial charge is 0.260 e. The minimum absolute atomic E-state index is 0.115. The summed E-state index contributed by atoms with van der Waals surface area (Å²) in [6.45, 7) is 1.06. The number of aliphatic hydroxyl groups is 1. The molecule has 1 N–H and O–H groups in total. The van der Waals surface area contributed by atoms with E-state index < -0.39 is 11.6 Å². The Balaban J connectivity index is 1.83. The molecule has 6 heteroatoms. The van der Waals surface area contributed by atoms with Crippen LogP contribution in [0.4, 0.5) is 8.78 Å². The molecule has 1 aromatic rings. The van der Waals surface area contributed by atoms with Crippen LogP contribution < -0.4 is 4.74 Å². The topological polar surface area (TPSA) is 49.8 Å². The first-order valence-corrected chi connectivity index (χ1v) is 6.56. The molecule has 20 heavy (non-hydrogen) atoms. The molecular formula is C14H17F2NO3. The second-order valence-electron chi connectivity index (χ2n) is 4.87. The Morgan fingerprint density at radius 1 is 1.45 bits per heavy atom. The van der Waals surface area contributed by atoms with Gasteiger partial charge in [0, 0.05) is 25.8 Å². The molecule has 4 nitrogen and oxygen atoms in total. The summed E-state index contributed by atoms with van der Waals surface area (Å²) in [4.78, 5) is 13.5. The van der Waals surface area contributed by atoms with Crippen LogP contribution in [0, 0.1) is 17.6 Å². The Morgan fingerprint density at radius 2 is 2.25 bits per heavy atom. The molecule has 0 bridgehead atoms. The molecule has 1 saturated heterocycles. The quantitative estimate of drug-likeness (QED) is 0.893. The van der Waals surface area contributed by atoms with Gasteiger partial charge in [-0.25, -0.2) is 8.78 Å². The van der Waals surface area contributed by atoms with Crippen LogP contribution in [0.3, 0.4) is 0 Å². The van der Waals surface area contributed by atoms with Gasteiger partial charge in [-0.15, -0.1) is 0 Å². The lowest BCUT2D eigenvalue weighted by Crippen LogP contribution is -2.33. The fourth-order valence-corrected chi connectivity index (χ4v) is 2.30. The fourth-order valence-electron chi connectivity index (χ4n) is 2.30. The first-order valence-electron chi connectivity index (χ1n) is 6.56. The van der Waals surface area contributed by atoms with Gasteiger partial charge in [-0.3, -0.25) is 4.79 Å². The maximum atomic E-state index is 13.3. The van der Waals surface area contributed by atoms with Crippen molar-refractivity contribution < 1.29 is 23.4 Å². The van der Waals surface area contributed by atoms with E-state index in [4.69, 9.17) is 9.84 Å². The number of hydrogen-bond donors (Lipinski definition) is 1. The van der Waals surface area contributed by atoms with E-state index in [1.165, 1.54) is 0 Å². The number of hydrogen-bond acceptors (Lipinski definition) is 3. The first-order chi connectivity index (χ1) is 9.60. The number of nitrogens with zero attached hydrogens (tertiary/aromatic N) is 1. The maximum Gasteiger partial charge on any atom is 0.260 e. The lowest BCUT2D eigenvalue weighted by molar-refractivity contribution is -0.132. The van der Waals surface area contributed by atoms with Crippen LogP contribution in [-0.2, 0) is 4.79 Å². The van der Waals surface area contributed by atoms with E-state index in [-0.39, 0.29) is 24.9 Å². The van der Waals surface area contributed by atoms with Gasteiger partial charge in [0.25, 0.3) is 5.91 Å². The van der Waals surface area contributed by atoms with Gasteiger partial charge < -0.3 is 14.7 Å². The summed E-state index contributed by atoms with van der Waals surface area (Å²) in [6.07, 6.45) is 1.54. The van der Waals surface area contributed by atoms with Crippen LogP contribution in [-0.4, -0.2) is 42.2 Å². The van der Waals surface area contributed by atoms with Crippen LogP contribution in [0.25, 0.3) is 0 Å². The average Bonchev–Trinajstić information content (AvgIpc) is 2.86. The van der Waals surface area contributed by atoms with Crippen LogP contribution in [0.15, 0.2) is 18.2 Å². The van der Waals surface area contributed by atoms with Gasteiger partial charge in [-0.1, -0.05) is 0 Å². The third-order valence-corrected chi connectivity index (χ3v) is 3.42. The van der Waals surface area contributed by atoms with E-state index in [9.17, 15) is 13.6 Å². The van der Waals surface area contributed by atoms with Gasteiger partial charge in [-0.2, -0.15) is 0 Å². The van der Waals surface area contributed by atoms with Gasteiger partial charge in [0.05, 0.1) is 0 Å². The first kappa shape index (κ1) is 14.7. The number of carbonyl (C=O) groups excluding carboxylic acids is 1. The predicted molar refractivity (Wildman–Crippen MR) is 68.2 cm³/mol. The number of likely N-dealkylation sites (tertiary alicyclic amines) is 1. The van der Waals surface area contributed by atoms with Gasteiger partial charge in [0.1, 0.15) is 5.82 Å². The van der Waals surface area contributed by atoms with E-state index in [1.54, 1.807) is 4.90 Å². The minimum atomic E-state index is -0.822. The monoisotopic (exact) mass is 285 g/mol. The number of aliphatic hydroxyl groups excluding tert-OH is 1. The summed E-state index contributed by atoms with van der Waals surface area (Å²) in [7, 11) is 0. The van der Waals surface area contributed by atoms with E-state index in [2.05, 4.69) is 0 Å². The summed E-state index contributed by atoms with van der Waals surface area (Å²) in [5, 5.41) is 8.86. The standard InChI is InChI=1S/C14H17F2NO3/c15-11-1-2-13(12(16)7-11)20-9-14(19)17-5-3-10(8-17)4-6-18/h1-2,7,10,18H,3-6,8-9H2. The number of carbonyl (C=O) groups is 1. The molecule has 0 radical (unpaired) electrons. The van der Waals surface area contributed by atoms with Crippen molar-refractivity contribution in [3.63, 3.8) is 0 Å². The highest BCUT2D eigenvalue weighted by molar-refractivity contribution is 5.78. The summed E-state index contributed by atoms with van der Waals surface area (Å²) in [5.41, 5.74) is 0. The molecule has 1 fully saturated rings. The Bertz CT molecular complexity index is 481. The maximum absolute atomic E-state index is 13.3. The molecule has 2 rings (SSSR count). The molecule has 1 unspecified atom stereocenters. The van der Waals surface area contributed by atoms with Crippen molar-refractivity contribution in [2.24, 2.45) is 5.92 Å². The van der Waals surface area contributed by atoms with Gasteiger partial charge in [0.2, 0.25) is 0 Å². The van der Waals surface area contributed by atoms with Crippen molar-refractivity contribution in [3.8, 4) is 5.75 Å². The van der Waals surface area contributed by atoms with E-state index in [0.29, 0.717) is 31.5 Å². The molecular weight excluding hydrogens is 268 g/mol. The third kappa shape index (κ3) is 3.66. The third-order valence-electron chi connectivity index (χ3n) is 3.42. The average molecular weight is 285 g/mol. The molecule has 0 aliphatic carbocycles. The Hall–Kier alpha value is -1.69. The predicted octanol–water partition coefficient (Wildman–Crippen LogP) is 1.57. The van der Waals surface area contributed by atoms with Crippen LogP contribution in [0.5, 0.6) is 5.75 Å². The number of halogens is 2. The largest absolute Gasteiger partial charge is 0.481 e. The zero-order valence-electron chi connectivity index (χ0n) is 11.0. The second kappa shape index (κ2) is 6.65. The summed E-state index contributed by atoms with van der Waals surface area (Å²) >= 11 is 0. The molecule has 1 aliphatic heterocycles. The number of ether oxygens (including phenoxy) is 1. The molecule has 1 amide bonds. The van der Waals surface area contributed by atoms with Crippen molar-refractivity contribution in [3.05, 3.63) is 29.8 Å². The molecule has 0 aromatic heterocycles. The highest BCUT2D eigenvalue weighted by Gasteiger charge is 2.26. The van der Waals surface area contributed by atoms with Crippen molar-refractivity contribution in [1.29, 1.82) is 0 Å².